The van der Waals surface area contributed by atoms with Crippen LogP contribution in [0.4, 0.5) is 0 Å². The van der Waals surface area contributed by atoms with E-state index in [9.17, 15) is 4.79 Å². The van der Waals surface area contributed by atoms with Crippen molar-refractivity contribution >= 4 is 14.2 Å². The van der Waals surface area contributed by atoms with Gasteiger partial charge in [-0.25, -0.2) is 0 Å². The number of ether oxygens (including phenoxy) is 1. The summed E-state index contributed by atoms with van der Waals surface area (Å²) in [6.07, 6.45) is -0.236. The highest BCUT2D eigenvalue weighted by molar-refractivity contribution is 5.79. The van der Waals surface area contributed by atoms with Crippen LogP contribution in [0.1, 0.15) is 28.7 Å². The van der Waals surface area contributed by atoms with E-state index < -0.39 is 0 Å². The van der Waals surface area contributed by atoms with Crippen molar-refractivity contribution in [2.24, 2.45) is 0 Å². The van der Waals surface area contributed by atoms with Gasteiger partial charge in [-0.15, -0.1) is 0 Å². The van der Waals surface area contributed by atoms with E-state index in [1.807, 2.05) is 0 Å². The van der Waals surface area contributed by atoms with Crippen molar-refractivity contribution in [3.05, 3.63) is 0 Å². The molecule has 0 aliphatic heterocycles. The minimum Gasteiger partial charge on any atom is -0.374 e. The first kappa shape index (κ1) is 22.6. The van der Waals surface area contributed by atoms with E-state index in [1.165, 1.54) is 14.0 Å². The summed E-state index contributed by atoms with van der Waals surface area (Å²) in [4.78, 5) is 10.2. The Kier molecular flexibility index (Phi) is 26.0. The molecule has 2 nitrogen and oxygen atoms in total. The Bertz CT molecular complexity index is 74.0. The molecule has 0 aromatic carbocycles. The Morgan fingerprint density at radius 3 is 1.70 bits per heavy atom. The molecule has 0 saturated heterocycles. The van der Waals surface area contributed by atoms with Crippen LogP contribution >= 0.6 is 0 Å². The molecule has 0 N–H and O–H groups in total. The Morgan fingerprint density at radius 1 is 1.40 bits per heavy atom. The van der Waals surface area contributed by atoms with Gasteiger partial charge in [0.1, 0.15) is 6.10 Å². The van der Waals surface area contributed by atoms with E-state index in [1.54, 1.807) is 6.92 Å². The zero-order chi connectivity index (χ0) is 5.86. The van der Waals surface area contributed by atoms with Crippen LogP contribution in [0, 0.1) is 0 Å². The number of hydrogen-bond donors (Lipinski definition) is 0. The van der Waals surface area contributed by atoms with Crippen molar-refractivity contribution < 1.29 is 9.53 Å². The van der Waals surface area contributed by atoms with Gasteiger partial charge >= 0.3 is 0 Å². The van der Waals surface area contributed by atoms with Gasteiger partial charge in [0.25, 0.3) is 0 Å². The monoisotopic (exact) mass is 145 g/mol. The van der Waals surface area contributed by atoms with E-state index in [4.69, 9.17) is 0 Å². The topological polar surface area (TPSA) is 26.3 Å². The minimum absolute atomic E-state index is 0. The van der Waals surface area contributed by atoms with Crippen LogP contribution < -0.4 is 0 Å². The normalized spacial score (nSPS) is 9.50. The lowest BCUT2D eigenvalue weighted by molar-refractivity contribution is -0.125. The summed E-state index contributed by atoms with van der Waals surface area (Å²) in [6, 6.07) is 0. The third-order valence-corrected chi connectivity index (χ3v) is 0.926. The van der Waals surface area contributed by atoms with Crippen LogP contribution in [0.2, 0.25) is 0 Å². The summed E-state index contributed by atoms with van der Waals surface area (Å²) >= 11 is 0. The van der Waals surface area contributed by atoms with Crippen LogP contribution in [0.3, 0.4) is 0 Å². The Morgan fingerprint density at radius 2 is 1.70 bits per heavy atom. The van der Waals surface area contributed by atoms with Gasteiger partial charge in [-0.3, -0.25) is 4.79 Å². The zero-order valence-corrected chi connectivity index (χ0v) is 5.47. The second-order valence-corrected chi connectivity index (χ2v) is 1.49. The van der Waals surface area contributed by atoms with Crippen molar-refractivity contribution in [1.29, 1.82) is 0 Å². The van der Waals surface area contributed by atoms with Crippen molar-refractivity contribution in [1.82, 2.24) is 0 Å². The molecule has 0 fully saturated rings. The molecule has 0 rings (SSSR count). The van der Waals surface area contributed by atoms with Gasteiger partial charge in [0.05, 0.1) is 0 Å². The van der Waals surface area contributed by atoms with Gasteiger partial charge < -0.3 is 4.74 Å². The average molecular weight is 145 g/mol. The summed E-state index contributed by atoms with van der Waals surface area (Å²) in [5.41, 5.74) is 0. The van der Waals surface area contributed by atoms with Crippen LogP contribution in [0.5, 0.6) is 0 Å². The lowest BCUT2D eigenvalue weighted by Crippen LogP contribution is -2.14. The molecule has 0 aliphatic carbocycles. The maximum Gasteiger partial charge on any atom is 0.158 e. The largest absolute Gasteiger partial charge is 0.374 e. The van der Waals surface area contributed by atoms with Crippen molar-refractivity contribution in [3.8, 4) is 0 Å². The molecule has 0 saturated carbocycles. The molecule has 0 spiro atoms. The van der Waals surface area contributed by atoms with Crippen molar-refractivity contribution in [2.45, 2.75) is 34.8 Å². The number of Topliss-reactive ketones (excluding diaryl/α,β-unsaturated/α-hetero) is 1. The summed E-state index contributed by atoms with van der Waals surface area (Å²) in [7, 11) is 1.52. The fourth-order valence-electron chi connectivity index (χ4n) is 0.166. The Hall–Kier alpha value is -0.305. The molecule has 0 amide bonds. The summed E-state index contributed by atoms with van der Waals surface area (Å²) in [5, 5.41) is 0. The predicted molar refractivity (Wildman–Crippen MR) is 46.4 cm³/mol. The molecule has 0 aromatic heterocycles. The Labute approximate surface area is 66.5 Å². The number of hydrogen-bond acceptors (Lipinski definition) is 2. The number of carbonyl (C=O) groups is 1. The first-order valence-corrected chi connectivity index (χ1v) is 2.21. The zero-order valence-electron chi connectivity index (χ0n) is 5.47. The molecule has 0 aliphatic rings. The smallest absolute Gasteiger partial charge is 0.158 e. The van der Waals surface area contributed by atoms with Crippen molar-refractivity contribution in [3.63, 3.8) is 0 Å². The molecule has 0 bridgehead atoms. The second kappa shape index (κ2) is 11.5. The van der Waals surface area contributed by atoms with E-state index >= 15 is 0 Å². The summed E-state index contributed by atoms with van der Waals surface area (Å²) < 4.78 is 4.66. The molecule has 10 heavy (non-hydrogen) atoms. The fourth-order valence-corrected chi connectivity index (χ4v) is 0.166. The predicted octanol–water partition coefficient (Wildman–Crippen LogP) is 1.50. The van der Waals surface area contributed by atoms with Crippen LogP contribution in [-0.2, 0) is 9.53 Å². The number of rotatable bonds is 2. The molecular weight excluding hydrogens is 127 g/mol. The standard InChI is InChI=1S/C5H10O2.2CH4.B/c1-4(6)5(2)7-3;;;/h5H,1-3H3;2*1H4;. The number of methoxy groups -OCH3 is 1. The fraction of sp³-hybridized carbons (Fsp3) is 0.857. The summed E-state index contributed by atoms with van der Waals surface area (Å²) in [6.45, 7) is 3.23. The van der Waals surface area contributed by atoms with Gasteiger partial charge in [0.15, 0.2) is 5.78 Å². The van der Waals surface area contributed by atoms with Crippen molar-refractivity contribution in [2.75, 3.05) is 7.11 Å². The minimum atomic E-state index is -0.236. The van der Waals surface area contributed by atoms with Gasteiger partial charge in [-0.1, -0.05) is 14.9 Å². The van der Waals surface area contributed by atoms with Crippen LogP contribution in [0.15, 0.2) is 0 Å². The van der Waals surface area contributed by atoms with E-state index in [2.05, 4.69) is 4.74 Å². The van der Waals surface area contributed by atoms with Crippen LogP contribution in [-0.4, -0.2) is 27.4 Å². The third kappa shape index (κ3) is 10.6. The second-order valence-electron chi connectivity index (χ2n) is 1.49. The number of carbonyl (C=O) groups excluding carboxylic acids is 1. The molecule has 1 atom stereocenters. The van der Waals surface area contributed by atoms with Gasteiger partial charge in [0, 0.05) is 15.5 Å². The van der Waals surface area contributed by atoms with Crippen LogP contribution in [0.25, 0.3) is 0 Å². The Balaban J connectivity index is -0.0000000600. The lowest BCUT2D eigenvalue weighted by Gasteiger charge is -2.00. The lowest BCUT2D eigenvalue weighted by atomic mass is 10.3. The van der Waals surface area contributed by atoms with E-state index in [-0.39, 0.29) is 35.2 Å². The SMILES string of the molecule is C.C.COC(C)C(C)=O.[B]. The van der Waals surface area contributed by atoms with E-state index in [0.717, 1.165) is 0 Å². The quantitative estimate of drug-likeness (QED) is 0.550. The maximum atomic E-state index is 10.2. The highest BCUT2D eigenvalue weighted by Gasteiger charge is 2.01. The molecule has 3 radical (unpaired) electrons. The molecule has 3 heteroatoms. The first-order chi connectivity index (χ1) is 3.18. The third-order valence-electron chi connectivity index (χ3n) is 0.926. The molecule has 61 valence electrons. The van der Waals surface area contributed by atoms with E-state index in [0.29, 0.717) is 0 Å². The summed E-state index contributed by atoms with van der Waals surface area (Å²) in [5.74, 6) is 0.0718. The molecule has 1 unspecified atom stereocenters. The molecule has 0 aromatic rings. The average Bonchev–Trinajstić information content (AvgIpc) is 1.65. The van der Waals surface area contributed by atoms with Gasteiger partial charge in [-0.2, -0.15) is 0 Å². The highest BCUT2D eigenvalue weighted by Crippen LogP contribution is 1.85. The number of ketones is 1. The first-order valence-electron chi connectivity index (χ1n) is 2.21. The van der Waals surface area contributed by atoms with Gasteiger partial charge in [0.2, 0.25) is 0 Å². The molecule has 0 heterocycles. The maximum absolute atomic E-state index is 10.2. The van der Waals surface area contributed by atoms with Gasteiger partial charge in [-0.05, 0) is 13.8 Å². The highest BCUT2D eigenvalue weighted by atomic mass is 16.5. The molecular formula is C7H18BO2.